The molecular weight excluding hydrogens is 229 g/mol. The maximum Gasteiger partial charge on any atom is 0.419 e. The molecule has 4 heteroatoms. The first kappa shape index (κ1) is 13.2. The Hall–Kier alpha value is -1.84. The lowest BCUT2D eigenvalue weighted by molar-refractivity contribution is -0.125. The molecule has 0 fully saturated rings. The van der Waals surface area contributed by atoms with Gasteiger partial charge >= 0.3 is 6.18 Å². The molecule has 0 aromatic heterocycles. The molecule has 0 aliphatic rings. The van der Waals surface area contributed by atoms with Crippen molar-refractivity contribution in [3.63, 3.8) is 0 Å². The minimum atomic E-state index is -4.68. The molecule has 1 aromatic rings. The first-order valence-corrected chi connectivity index (χ1v) is 4.86. The summed E-state index contributed by atoms with van der Waals surface area (Å²) in [6.45, 7) is 4.11. The predicted octanol–water partition coefficient (Wildman–Crippen LogP) is 3.78. The van der Waals surface area contributed by atoms with Gasteiger partial charge in [0.05, 0.1) is 5.57 Å². The first-order chi connectivity index (χ1) is 7.82. The second kappa shape index (κ2) is 4.99. The van der Waals surface area contributed by atoms with Gasteiger partial charge in [0.25, 0.3) is 0 Å². The van der Waals surface area contributed by atoms with Crippen molar-refractivity contribution in [3.8, 4) is 0 Å². The molecule has 0 amide bonds. The van der Waals surface area contributed by atoms with Crippen LogP contribution in [0.4, 0.5) is 13.2 Å². The van der Waals surface area contributed by atoms with Gasteiger partial charge in [-0.15, -0.1) is 0 Å². The van der Waals surface area contributed by atoms with Crippen molar-refractivity contribution in [2.75, 3.05) is 0 Å². The number of alkyl halides is 3. The van der Waals surface area contributed by atoms with Crippen molar-refractivity contribution in [1.82, 2.24) is 0 Å². The van der Waals surface area contributed by atoms with Crippen LogP contribution in [-0.4, -0.2) is 12.0 Å². The molecular formula is C13H11F3O. The van der Waals surface area contributed by atoms with Crippen molar-refractivity contribution >= 4 is 11.9 Å². The van der Waals surface area contributed by atoms with Crippen LogP contribution in [0.3, 0.4) is 0 Å². The summed E-state index contributed by atoms with van der Waals surface area (Å²) in [4.78, 5) is 11.4. The van der Waals surface area contributed by atoms with Gasteiger partial charge in [0, 0.05) is 0 Å². The summed E-state index contributed by atoms with van der Waals surface area (Å²) in [5.41, 5.74) is -0.658. The highest BCUT2D eigenvalue weighted by Crippen LogP contribution is 2.27. The van der Waals surface area contributed by atoms with E-state index < -0.39 is 17.5 Å². The number of Topliss-reactive ketones (excluding diaryl/α,β-unsaturated/α-hetero) is 1. The predicted molar refractivity (Wildman–Crippen MR) is 60.3 cm³/mol. The Morgan fingerprint density at radius 2 is 1.76 bits per heavy atom. The number of rotatable bonds is 3. The standard InChI is InChI=1S/C13H11F3O/c1-9(8-11-6-4-3-5-7-11)12(17)10(2)13(14,15)16/h3-8H,2H2,1H3/b9-8+. The molecule has 0 atom stereocenters. The molecule has 1 nitrogen and oxygen atoms in total. The van der Waals surface area contributed by atoms with E-state index in [0.29, 0.717) is 5.56 Å². The zero-order chi connectivity index (χ0) is 13.1. The van der Waals surface area contributed by atoms with Crippen LogP contribution in [0.15, 0.2) is 48.1 Å². The average Bonchev–Trinajstić information content (AvgIpc) is 2.27. The molecule has 1 aromatic carbocycles. The Balaban J connectivity index is 2.92. The van der Waals surface area contributed by atoms with Crippen LogP contribution in [0.1, 0.15) is 12.5 Å². The van der Waals surface area contributed by atoms with E-state index >= 15 is 0 Å². The number of carbonyl (C=O) groups is 1. The second-order valence-corrected chi connectivity index (χ2v) is 3.54. The van der Waals surface area contributed by atoms with Gasteiger partial charge < -0.3 is 0 Å². The summed E-state index contributed by atoms with van der Waals surface area (Å²) < 4.78 is 36.8. The lowest BCUT2D eigenvalue weighted by Crippen LogP contribution is -2.19. The third-order valence-electron chi connectivity index (χ3n) is 2.16. The van der Waals surface area contributed by atoms with E-state index in [0.717, 1.165) is 0 Å². The molecule has 0 heterocycles. The maximum absolute atomic E-state index is 12.3. The van der Waals surface area contributed by atoms with E-state index in [-0.39, 0.29) is 5.57 Å². The van der Waals surface area contributed by atoms with Crippen molar-refractivity contribution in [2.45, 2.75) is 13.1 Å². The summed E-state index contributed by atoms with van der Waals surface area (Å²) in [5, 5.41) is 0. The smallest absolute Gasteiger partial charge is 0.289 e. The second-order valence-electron chi connectivity index (χ2n) is 3.54. The van der Waals surface area contributed by atoms with Crippen LogP contribution in [0.2, 0.25) is 0 Å². The Kier molecular flexibility index (Phi) is 3.89. The monoisotopic (exact) mass is 240 g/mol. The minimum Gasteiger partial charge on any atom is -0.289 e. The molecule has 0 saturated carbocycles. The maximum atomic E-state index is 12.3. The summed E-state index contributed by atoms with van der Waals surface area (Å²) >= 11 is 0. The zero-order valence-corrected chi connectivity index (χ0v) is 9.21. The highest BCUT2D eigenvalue weighted by atomic mass is 19.4. The zero-order valence-electron chi connectivity index (χ0n) is 9.21. The van der Waals surface area contributed by atoms with Crippen LogP contribution in [0, 0.1) is 0 Å². The van der Waals surface area contributed by atoms with Crippen molar-refractivity contribution in [2.24, 2.45) is 0 Å². The van der Waals surface area contributed by atoms with E-state index in [1.165, 1.54) is 13.0 Å². The molecule has 0 aliphatic heterocycles. The number of allylic oxidation sites excluding steroid dienone is 2. The largest absolute Gasteiger partial charge is 0.419 e. The van der Waals surface area contributed by atoms with E-state index in [1.807, 2.05) is 0 Å². The van der Waals surface area contributed by atoms with Crippen molar-refractivity contribution in [1.29, 1.82) is 0 Å². The van der Waals surface area contributed by atoms with Gasteiger partial charge in [0.2, 0.25) is 0 Å². The van der Waals surface area contributed by atoms with Gasteiger partial charge in [-0.1, -0.05) is 36.9 Å². The minimum absolute atomic E-state index is 0.0125. The molecule has 1 rings (SSSR count). The molecule has 17 heavy (non-hydrogen) atoms. The Bertz CT molecular complexity index is 455. The fraction of sp³-hybridized carbons (Fsp3) is 0.154. The third kappa shape index (κ3) is 3.59. The summed E-state index contributed by atoms with van der Waals surface area (Å²) in [6.07, 6.45) is -3.28. The Morgan fingerprint density at radius 3 is 2.24 bits per heavy atom. The van der Waals surface area contributed by atoms with Crippen LogP contribution < -0.4 is 0 Å². The number of halogens is 3. The Labute approximate surface area is 97.3 Å². The highest BCUT2D eigenvalue weighted by molar-refractivity contribution is 6.10. The first-order valence-electron chi connectivity index (χ1n) is 4.86. The van der Waals surface area contributed by atoms with Gasteiger partial charge in [-0.2, -0.15) is 13.2 Å². The molecule has 0 spiro atoms. The van der Waals surface area contributed by atoms with Crippen LogP contribution >= 0.6 is 0 Å². The average molecular weight is 240 g/mol. The van der Waals surface area contributed by atoms with Crippen molar-refractivity contribution < 1.29 is 18.0 Å². The van der Waals surface area contributed by atoms with E-state index in [2.05, 4.69) is 6.58 Å². The van der Waals surface area contributed by atoms with E-state index in [9.17, 15) is 18.0 Å². The lowest BCUT2D eigenvalue weighted by Gasteiger charge is -2.08. The lowest BCUT2D eigenvalue weighted by atomic mass is 10.0. The molecule has 0 bridgehead atoms. The van der Waals surface area contributed by atoms with Gasteiger partial charge in [-0.05, 0) is 24.1 Å². The topological polar surface area (TPSA) is 17.1 Å². The number of benzene rings is 1. The summed E-state index contributed by atoms with van der Waals surface area (Å²) in [6, 6.07) is 8.66. The number of hydrogen-bond donors (Lipinski definition) is 0. The molecule has 0 aliphatic carbocycles. The van der Waals surface area contributed by atoms with Gasteiger partial charge in [-0.3, -0.25) is 4.79 Å². The van der Waals surface area contributed by atoms with E-state index in [4.69, 9.17) is 0 Å². The number of ketones is 1. The normalized spacial score (nSPS) is 12.4. The third-order valence-corrected chi connectivity index (χ3v) is 2.16. The number of carbonyl (C=O) groups excluding carboxylic acids is 1. The highest BCUT2D eigenvalue weighted by Gasteiger charge is 2.36. The molecule has 0 radical (unpaired) electrons. The summed E-state index contributed by atoms with van der Waals surface area (Å²) in [7, 11) is 0. The molecule has 0 unspecified atom stereocenters. The molecule has 0 saturated heterocycles. The fourth-order valence-corrected chi connectivity index (χ4v) is 1.23. The van der Waals surface area contributed by atoms with Crippen LogP contribution in [-0.2, 0) is 4.79 Å². The summed E-state index contributed by atoms with van der Waals surface area (Å²) in [5.74, 6) is -1.08. The van der Waals surface area contributed by atoms with Crippen molar-refractivity contribution in [3.05, 3.63) is 53.6 Å². The SMILES string of the molecule is C=C(C(=O)/C(C)=C/c1ccccc1)C(F)(F)F. The van der Waals surface area contributed by atoms with Gasteiger partial charge in [0.15, 0.2) is 5.78 Å². The number of hydrogen-bond acceptors (Lipinski definition) is 1. The van der Waals surface area contributed by atoms with Crippen LogP contribution in [0.5, 0.6) is 0 Å². The van der Waals surface area contributed by atoms with Gasteiger partial charge in [0.1, 0.15) is 0 Å². The molecule has 90 valence electrons. The van der Waals surface area contributed by atoms with Gasteiger partial charge in [-0.25, -0.2) is 0 Å². The fourth-order valence-electron chi connectivity index (χ4n) is 1.23. The molecule has 0 N–H and O–H groups in total. The Morgan fingerprint density at radius 1 is 1.24 bits per heavy atom. The van der Waals surface area contributed by atoms with E-state index in [1.54, 1.807) is 30.3 Å². The quantitative estimate of drug-likeness (QED) is 0.735. The van der Waals surface area contributed by atoms with Crippen LogP contribution in [0.25, 0.3) is 6.08 Å².